The summed E-state index contributed by atoms with van der Waals surface area (Å²) in [6.45, 7) is 0.617. The average Bonchev–Trinajstić information content (AvgIpc) is 3.47. The molecule has 1 unspecified atom stereocenters. The summed E-state index contributed by atoms with van der Waals surface area (Å²) in [4.78, 5) is 25.0. The Kier molecular flexibility index (Phi) is 5.09. The fourth-order valence-corrected chi connectivity index (χ4v) is 3.67. The van der Waals surface area contributed by atoms with Crippen molar-refractivity contribution in [3.05, 3.63) is 68.1 Å². The topological polar surface area (TPSA) is 68.9 Å². The van der Waals surface area contributed by atoms with E-state index < -0.39 is 52.5 Å². The van der Waals surface area contributed by atoms with Gasteiger partial charge in [-0.1, -0.05) is 12.1 Å². The molecule has 2 heterocycles. The van der Waals surface area contributed by atoms with Gasteiger partial charge in [-0.05, 0) is 25.8 Å². The number of nitrogens with zero attached hydrogens (tertiary/aromatic N) is 3. The van der Waals surface area contributed by atoms with Gasteiger partial charge in [0.15, 0.2) is 5.82 Å². The number of alkyl halides is 4. The van der Waals surface area contributed by atoms with E-state index in [0.29, 0.717) is 6.07 Å². The molecule has 1 saturated carbocycles. The molecule has 0 bridgehead atoms. The van der Waals surface area contributed by atoms with E-state index in [1.165, 1.54) is 17.8 Å². The number of nitrogens with one attached hydrogen (secondary N) is 1. The first-order valence-electron chi connectivity index (χ1n) is 9.78. The summed E-state index contributed by atoms with van der Waals surface area (Å²) in [6, 6.07) is 2.26. The second-order valence-corrected chi connectivity index (χ2v) is 8.14. The zero-order valence-corrected chi connectivity index (χ0v) is 17.1. The summed E-state index contributed by atoms with van der Waals surface area (Å²) in [5.41, 5.74) is -3.43. The third kappa shape index (κ3) is 3.65. The Balaban J connectivity index is 1.86. The molecule has 1 N–H and O–H groups in total. The number of anilines is 1. The normalized spacial score (nSPS) is 16.2. The van der Waals surface area contributed by atoms with Crippen molar-refractivity contribution in [2.75, 3.05) is 12.0 Å². The van der Waals surface area contributed by atoms with Gasteiger partial charge in [-0.3, -0.25) is 9.59 Å². The molecule has 0 spiro atoms. The Hall–Kier alpha value is -3.24. The summed E-state index contributed by atoms with van der Waals surface area (Å²) in [6.07, 6.45) is -2.01. The van der Waals surface area contributed by atoms with E-state index >= 15 is 0 Å². The fraction of sp³-hybridized carbons (Fsp3) is 0.381. The van der Waals surface area contributed by atoms with Crippen LogP contribution in [0.1, 0.15) is 36.9 Å². The zero-order chi connectivity index (χ0) is 23.4. The zero-order valence-electron chi connectivity index (χ0n) is 17.1. The SMILES string of the molecule is Cn1nc(NC(CF)c2cccc(C(F)(F)F)c2F)c2cn(C3(C)CC3)c(=O)cc2c1=O. The van der Waals surface area contributed by atoms with Crippen molar-refractivity contribution in [3.63, 3.8) is 0 Å². The molecule has 6 nitrogen and oxygen atoms in total. The van der Waals surface area contributed by atoms with Crippen molar-refractivity contribution in [1.29, 1.82) is 0 Å². The number of fused-ring (bicyclic) bond motifs is 1. The van der Waals surface area contributed by atoms with E-state index in [4.69, 9.17) is 0 Å². The predicted molar refractivity (Wildman–Crippen MR) is 108 cm³/mol. The molecule has 0 saturated heterocycles. The molecule has 0 aliphatic heterocycles. The minimum atomic E-state index is -4.95. The number of aryl methyl sites for hydroxylation is 1. The molecule has 4 rings (SSSR count). The number of halogens is 5. The van der Waals surface area contributed by atoms with Crippen LogP contribution in [0.5, 0.6) is 0 Å². The van der Waals surface area contributed by atoms with Crippen molar-refractivity contribution in [1.82, 2.24) is 14.3 Å². The number of pyridine rings is 1. The maximum Gasteiger partial charge on any atom is 0.419 e. The van der Waals surface area contributed by atoms with Gasteiger partial charge in [-0.2, -0.15) is 18.3 Å². The molecule has 1 aliphatic carbocycles. The molecule has 1 atom stereocenters. The maximum atomic E-state index is 14.6. The van der Waals surface area contributed by atoms with E-state index in [1.54, 1.807) is 0 Å². The molecular formula is C21H19F5N4O2. The maximum absolute atomic E-state index is 14.6. The molecule has 2 aromatic heterocycles. The van der Waals surface area contributed by atoms with Gasteiger partial charge in [0.05, 0.1) is 17.0 Å². The molecule has 11 heteroatoms. The Morgan fingerprint density at radius 3 is 2.50 bits per heavy atom. The number of benzene rings is 1. The Bertz CT molecular complexity index is 1320. The first-order chi connectivity index (χ1) is 15.0. The third-order valence-electron chi connectivity index (χ3n) is 5.81. The van der Waals surface area contributed by atoms with Gasteiger partial charge in [-0.15, -0.1) is 0 Å². The standard InChI is InChI=1S/C21H19F5N4O2/c1-20(6-7-20)30-10-13-12(8-16(30)31)19(32)29(2)28-18(13)27-15(9-22)11-4-3-5-14(17(11)23)21(24,25)26/h3-5,8,10,15H,6-7,9H2,1-2H3,(H,27,28). The smallest absolute Gasteiger partial charge is 0.359 e. The van der Waals surface area contributed by atoms with Crippen molar-refractivity contribution >= 4 is 16.6 Å². The van der Waals surface area contributed by atoms with E-state index in [1.807, 2.05) is 6.92 Å². The van der Waals surface area contributed by atoms with Crippen LogP contribution in [0.15, 0.2) is 40.1 Å². The highest BCUT2D eigenvalue weighted by Crippen LogP contribution is 2.42. The van der Waals surface area contributed by atoms with Crippen LogP contribution in [0.25, 0.3) is 10.8 Å². The summed E-state index contributed by atoms with van der Waals surface area (Å²) in [5, 5.41) is 6.88. The Labute approximate surface area is 178 Å². The van der Waals surface area contributed by atoms with Crippen LogP contribution >= 0.6 is 0 Å². The number of rotatable bonds is 5. The van der Waals surface area contributed by atoms with Gasteiger partial charge in [0.2, 0.25) is 0 Å². The van der Waals surface area contributed by atoms with Gasteiger partial charge in [0.1, 0.15) is 12.5 Å². The highest BCUT2D eigenvalue weighted by Gasteiger charge is 2.40. The van der Waals surface area contributed by atoms with Crippen LogP contribution < -0.4 is 16.4 Å². The lowest BCUT2D eigenvalue weighted by Crippen LogP contribution is -2.30. The van der Waals surface area contributed by atoms with Gasteiger partial charge in [0, 0.05) is 35.8 Å². The van der Waals surface area contributed by atoms with Crippen molar-refractivity contribution in [3.8, 4) is 0 Å². The van der Waals surface area contributed by atoms with Crippen LogP contribution in [0.3, 0.4) is 0 Å². The lowest BCUT2D eigenvalue weighted by molar-refractivity contribution is -0.140. The third-order valence-corrected chi connectivity index (χ3v) is 5.81. The molecule has 1 aliphatic rings. The highest BCUT2D eigenvalue weighted by molar-refractivity contribution is 5.90. The molecule has 0 radical (unpaired) electrons. The van der Waals surface area contributed by atoms with Crippen LogP contribution in [0.2, 0.25) is 0 Å². The first-order valence-corrected chi connectivity index (χ1v) is 9.78. The van der Waals surface area contributed by atoms with Crippen molar-refractivity contribution in [2.24, 2.45) is 7.05 Å². The van der Waals surface area contributed by atoms with Gasteiger partial charge in [-0.25, -0.2) is 13.5 Å². The quantitative estimate of drug-likeness (QED) is 0.594. The summed E-state index contributed by atoms with van der Waals surface area (Å²) < 4.78 is 70.1. The van der Waals surface area contributed by atoms with Gasteiger partial charge >= 0.3 is 6.18 Å². The molecular weight excluding hydrogens is 435 g/mol. The van der Waals surface area contributed by atoms with Crippen LogP contribution in [-0.2, 0) is 18.8 Å². The average molecular weight is 454 g/mol. The molecule has 0 amide bonds. The molecule has 3 aromatic rings. The van der Waals surface area contributed by atoms with E-state index in [2.05, 4.69) is 10.4 Å². The van der Waals surface area contributed by atoms with Crippen LogP contribution in [-0.4, -0.2) is 21.0 Å². The van der Waals surface area contributed by atoms with Crippen LogP contribution in [0.4, 0.5) is 27.8 Å². The van der Waals surface area contributed by atoms with Gasteiger partial charge in [0.25, 0.3) is 11.1 Å². The number of hydrogen-bond donors (Lipinski definition) is 1. The summed E-state index contributed by atoms with van der Waals surface area (Å²) in [5.74, 6) is -1.65. The van der Waals surface area contributed by atoms with Crippen LogP contribution in [0, 0.1) is 5.82 Å². The molecule has 1 fully saturated rings. The van der Waals surface area contributed by atoms with Crippen molar-refractivity contribution in [2.45, 2.75) is 37.5 Å². The number of hydrogen-bond acceptors (Lipinski definition) is 4. The largest absolute Gasteiger partial charge is 0.419 e. The Morgan fingerprint density at radius 2 is 1.91 bits per heavy atom. The molecule has 1 aromatic carbocycles. The first kappa shape index (κ1) is 22.0. The molecule has 170 valence electrons. The van der Waals surface area contributed by atoms with Gasteiger partial charge < -0.3 is 9.88 Å². The molecule has 32 heavy (non-hydrogen) atoms. The fourth-order valence-electron chi connectivity index (χ4n) is 3.67. The summed E-state index contributed by atoms with van der Waals surface area (Å²) in [7, 11) is 1.32. The lowest BCUT2D eigenvalue weighted by Gasteiger charge is -2.21. The Morgan fingerprint density at radius 1 is 1.22 bits per heavy atom. The minimum absolute atomic E-state index is 0.0117. The van der Waals surface area contributed by atoms with E-state index in [-0.39, 0.29) is 16.6 Å². The van der Waals surface area contributed by atoms with E-state index in [9.17, 15) is 31.5 Å². The van der Waals surface area contributed by atoms with Crippen molar-refractivity contribution < 1.29 is 22.0 Å². The second kappa shape index (κ2) is 7.42. The number of aromatic nitrogens is 3. The van der Waals surface area contributed by atoms with E-state index in [0.717, 1.165) is 35.7 Å². The highest BCUT2D eigenvalue weighted by atomic mass is 19.4. The summed E-state index contributed by atoms with van der Waals surface area (Å²) >= 11 is 0. The monoisotopic (exact) mass is 454 g/mol. The lowest BCUT2D eigenvalue weighted by atomic mass is 10.0. The second-order valence-electron chi connectivity index (χ2n) is 8.14. The predicted octanol–water partition coefficient (Wildman–Crippen LogP) is 3.88. The minimum Gasteiger partial charge on any atom is -0.359 e.